The fourth-order valence-electron chi connectivity index (χ4n) is 3.97. The largest absolute Gasteiger partial charge is 0.322 e. The van der Waals surface area contributed by atoms with E-state index in [1.165, 1.54) is 18.2 Å². The van der Waals surface area contributed by atoms with Gasteiger partial charge in [-0.3, -0.25) is 9.10 Å². The number of aryl methyl sites for hydroxylation is 3. The Hall–Kier alpha value is -3.13. The number of sulfonamides is 1. The Balaban J connectivity index is 1.70. The molecule has 0 bridgehead atoms. The van der Waals surface area contributed by atoms with Gasteiger partial charge in [0.05, 0.1) is 22.7 Å². The molecule has 6 nitrogen and oxygen atoms in total. The number of carbonyl (C=O) groups is 1. The summed E-state index contributed by atoms with van der Waals surface area (Å²) >= 11 is 0. The average molecular weight is 442 g/mol. The predicted octanol–water partition coefficient (Wildman–Crippen LogP) is 4.33. The van der Waals surface area contributed by atoms with Gasteiger partial charge in [-0.1, -0.05) is 11.6 Å². The Morgan fingerprint density at radius 2 is 1.68 bits per heavy atom. The molecule has 0 unspecified atom stereocenters. The maximum Gasteiger partial charge on any atom is 0.257 e. The Morgan fingerprint density at radius 1 is 0.968 bits per heavy atom. The maximum absolute atomic E-state index is 14.4. The molecule has 0 spiro atoms. The van der Waals surface area contributed by atoms with E-state index in [1.807, 2.05) is 49.6 Å². The first kappa shape index (κ1) is 21.1. The molecule has 3 aromatic rings. The molecule has 2 aromatic carbocycles. The van der Waals surface area contributed by atoms with Crippen molar-refractivity contribution in [3.63, 3.8) is 0 Å². The average Bonchev–Trinajstić information content (AvgIpc) is 3.24. The number of rotatable bonds is 4. The summed E-state index contributed by atoms with van der Waals surface area (Å²) in [5.74, 6) is -1.00. The summed E-state index contributed by atoms with van der Waals surface area (Å²) in [5.41, 5.74) is 4.43. The van der Waals surface area contributed by atoms with Crippen molar-refractivity contribution < 1.29 is 17.6 Å². The standard InChI is InChI=1S/C23H24FN3O3S/c1-15-5-10-21(27-16(2)6-7-17(27)3)19(13-15)23(28)25-18-8-9-20(24)22(14-18)26-11-4-12-31(26,29)30/h5-10,13-14H,4,11-12H2,1-3H3,(H,25,28). The van der Waals surface area contributed by atoms with Crippen LogP contribution in [-0.2, 0) is 10.0 Å². The van der Waals surface area contributed by atoms with Crippen LogP contribution in [0.3, 0.4) is 0 Å². The minimum absolute atomic E-state index is 0.00868. The van der Waals surface area contributed by atoms with E-state index in [1.54, 1.807) is 6.07 Å². The van der Waals surface area contributed by atoms with E-state index >= 15 is 0 Å². The summed E-state index contributed by atoms with van der Waals surface area (Å²) in [6, 6.07) is 13.6. The van der Waals surface area contributed by atoms with Crippen LogP contribution >= 0.6 is 0 Å². The van der Waals surface area contributed by atoms with Crippen LogP contribution in [0.5, 0.6) is 0 Å². The zero-order valence-corrected chi connectivity index (χ0v) is 18.5. The van der Waals surface area contributed by atoms with Gasteiger partial charge in [0.25, 0.3) is 5.91 Å². The van der Waals surface area contributed by atoms with E-state index in [0.29, 0.717) is 17.7 Å². The first-order valence-corrected chi connectivity index (χ1v) is 11.7. The summed E-state index contributed by atoms with van der Waals surface area (Å²) in [6.45, 7) is 6.07. The van der Waals surface area contributed by atoms with Gasteiger partial charge >= 0.3 is 0 Å². The Labute approximate surface area is 181 Å². The van der Waals surface area contributed by atoms with Crippen molar-refractivity contribution in [2.75, 3.05) is 21.9 Å². The van der Waals surface area contributed by atoms with Crippen molar-refractivity contribution in [2.45, 2.75) is 27.2 Å². The van der Waals surface area contributed by atoms with Gasteiger partial charge in [0, 0.05) is 23.6 Å². The Kier molecular flexibility index (Phi) is 5.35. The van der Waals surface area contributed by atoms with Gasteiger partial charge in [-0.15, -0.1) is 0 Å². The van der Waals surface area contributed by atoms with Crippen molar-refractivity contribution in [1.82, 2.24) is 4.57 Å². The van der Waals surface area contributed by atoms with Crippen LogP contribution in [0.1, 0.15) is 33.7 Å². The Morgan fingerprint density at radius 3 is 2.32 bits per heavy atom. The van der Waals surface area contributed by atoms with Crippen LogP contribution in [-0.4, -0.2) is 31.2 Å². The second-order valence-electron chi connectivity index (χ2n) is 7.83. The van der Waals surface area contributed by atoms with Crippen LogP contribution in [0.15, 0.2) is 48.5 Å². The van der Waals surface area contributed by atoms with E-state index in [4.69, 9.17) is 0 Å². The SMILES string of the molecule is Cc1ccc(-n2c(C)ccc2C)c(C(=O)Nc2ccc(F)c(N3CCCS3(=O)=O)c2)c1. The van der Waals surface area contributed by atoms with Crippen LogP contribution in [0, 0.1) is 26.6 Å². The quantitative estimate of drug-likeness (QED) is 0.655. The van der Waals surface area contributed by atoms with Crippen molar-refractivity contribution in [1.29, 1.82) is 0 Å². The van der Waals surface area contributed by atoms with Gasteiger partial charge < -0.3 is 9.88 Å². The van der Waals surface area contributed by atoms with Gasteiger partial charge in [-0.25, -0.2) is 12.8 Å². The zero-order chi connectivity index (χ0) is 22.3. The lowest BCUT2D eigenvalue weighted by Crippen LogP contribution is -2.26. The molecule has 1 saturated heterocycles. The van der Waals surface area contributed by atoms with Gasteiger partial charge in [0.15, 0.2) is 0 Å². The summed E-state index contributed by atoms with van der Waals surface area (Å²) in [5, 5.41) is 2.80. The molecule has 162 valence electrons. The number of nitrogens with zero attached hydrogens (tertiary/aromatic N) is 2. The summed E-state index contributed by atoms with van der Waals surface area (Å²) in [4.78, 5) is 13.2. The van der Waals surface area contributed by atoms with Crippen molar-refractivity contribution in [3.05, 3.63) is 76.9 Å². The second-order valence-corrected chi connectivity index (χ2v) is 9.85. The molecular formula is C23H24FN3O3S. The molecule has 0 atom stereocenters. The van der Waals surface area contributed by atoms with E-state index < -0.39 is 15.8 Å². The fraction of sp³-hybridized carbons (Fsp3) is 0.261. The molecule has 0 radical (unpaired) electrons. The van der Waals surface area contributed by atoms with Crippen LogP contribution in [0.4, 0.5) is 15.8 Å². The number of anilines is 2. The highest BCUT2D eigenvalue weighted by Crippen LogP contribution is 2.30. The second kappa shape index (κ2) is 7.85. The monoisotopic (exact) mass is 441 g/mol. The summed E-state index contributed by atoms with van der Waals surface area (Å²) in [7, 11) is -3.53. The van der Waals surface area contributed by atoms with Crippen LogP contribution in [0.25, 0.3) is 5.69 Å². The van der Waals surface area contributed by atoms with E-state index in [0.717, 1.165) is 26.9 Å². The normalized spacial score (nSPS) is 15.3. The maximum atomic E-state index is 14.4. The predicted molar refractivity (Wildman–Crippen MR) is 120 cm³/mol. The molecule has 1 aliphatic heterocycles. The molecule has 8 heteroatoms. The molecule has 1 N–H and O–H groups in total. The highest BCUT2D eigenvalue weighted by molar-refractivity contribution is 7.93. The molecule has 1 aromatic heterocycles. The first-order chi connectivity index (χ1) is 14.7. The molecule has 2 heterocycles. The number of hydrogen-bond donors (Lipinski definition) is 1. The van der Waals surface area contributed by atoms with Crippen molar-refractivity contribution in [3.8, 4) is 5.69 Å². The summed E-state index contributed by atoms with van der Waals surface area (Å²) in [6.07, 6.45) is 0.445. The lowest BCUT2D eigenvalue weighted by molar-refractivity contribution is 0.102. The number of hydrogen-bond acceptors (Lipinski definition) is 3. The molecule has 31 heavy (non-hydrogen) atoms. The zero-order valence-electron chi connectivity index (χ0n) is 17.6. The minimum Gasteiger partial charge on any atom is -0.322 e. The third-order valence-electron chi connectivity index (χ3n) is 5.48. The fourth-order valence-corrected chi connectivity index (χ4v) is 5.53. The van der Waals surface area contributed by atoms with Gasteiger partial charge in [-0.05, 0) is 69.7 Å². The smallest absolute Gasteiger partial charge is 0.257 e. The molecule has 0 saturated carbocycles. The Bertz CT molecular complexity index is 1260. The lowest BCUT2D eigenvalue weighted by Gasteiger charge is -2.19. The summed E-state index contributed by atoms with van der Waals surface area (Å²) < 4.78 is 41.9. The minimum atomic E-state index is -3.53. The van der Waals surface area contributed by atoms with E-state index in [9.17, 15) is 17.6 Å². The third kappa shape index (κ3) is 3.95. The van der Waals surface area contributed by atoms with Gasteiger partial charge in [0.1, 0.15) is 5.82 Å². The molecule has 1 fully saturated rings. The number of amides is 1. The number of halogens is 1. The lowest BCUT2D eigenvalue weighted by atomic mass is 10.1. The number of aromatic nitrogens is 1. The molecule has 0 aliphatic carbocycles. The molecule has 4 rings (SSSR count). The van der Waals surface area contributed by atoms with Gasteiger partial charge in [-0.2, -0.15) is 0 Å². The number of carbonyl (C=O) groups excluding carboxylic acids is 1. The highest BCUT2D eigenvalue weighted by Gasteiger charge is 2.30. The molecular weight excluding hydrogens is 417 g/mol. The highest BCUT2D eigenvalue weighted by atomic mass is 32.2. The van der Waals surface area contributed by atoms with Gasteiger partial charge in [0.2, 0.25) is 10.0 Å². The van der Waals surface area contributed by atoms with E-state index in [2.05, 4.69) is 5.32 Å². The first-order valence-electron chi connectivity index (χ1n) is 10.0. The third-order valence-corrected chi connectivity index (χ3v) is 7.34. The molecule has 1 amide bonds. The topological polar surface area (TPSA) is 71.4 Å². The van der Waals surface area contributed by atoms with Crippen molar-refractivity contribution in [2.24, 2.45) is 0 Å². The van der Waals surface area contributed by atoms with Crippen LogP contribution in [0.2, 0.25) is 0 Å². The number of benzene rings is 2. The number of nitrogens with one attached hydrogen (secondary N) is 1. The molecule has 1 aliphatic rings. The van der Waals surface area contributed by atoms with Crippen molar-refractivity contribution >= 4 is 27.3 Å². The van der Waals surface area contributed by atoms with E-state index in [-0.39, 0.29) is 23.9 Å². The van der Waals surface area contributed by atoms with Crippen LogP contribution < -0.4 is 9.62 Å².